The van der Waals surface area contributed by atoms with E-state index in [1.165, 1.54) is 12.1 Å². The van der Waals surface area contributed by atoms with Gasteiger partial charge >= 0.3 is 0 Å². The van der Waals surface area contributed by atoms with Crippen molar-refractivity contribution in [2.75, 3.05) is 0 Å². The first-order chi connectivity index (χ1) is 9.03. The number of halogens is 2. The van der Waals surface area contributed by atoms with Crippen molar-refractivity contribution < 1.29 is 8.42 Å². The van der Waals surface area contributed by atoms with E-state index in [9.17, 15) is 8.42 Å². The molecule has 0 bridgehead atoms. The zero-order valence-electron chi connectivity index (χ0n) is 9.75. The largest absolute Gasteiger partial charge is 0.218 e. The Kier molecular flexibility index (Phi) is 4.30. The van der Waals surface area contributed by atoms with Gasteiger partial charge in [-0.2, -0.15) is 0 Å². The maximum atomic E-state index is 12.3. The van der Waals surface area contributed by atoms with Gasteiger partial charge in [0.1, 0.15) is 0 Å². The molecule has 0 N–H and O–H groups in total. The van der Waals surface area contributed by atoms with Crippen LogP contribution in [-0.2, 0) is 9.84 Å². The normalized spacial score (nSPS) is 12.9. The standard InChI is InChI=1S/C14H10Cl2O2S/c15-13(11-7-3-1-4-8-11)14(16)19(17,18)12-9-5-2-6-10-12/h1-10H/b14-13+. The molecule has 0 fully saturated rings. The lowest BCUT2D eigenvalue weighted by atomic mass is 10.2. The fourth-order valence-corrected chi connectivity index (χ4v) is 3.40. The van der Waals surface area contributed by atoms with Crippen LogP contribution >= 0.6 is 23.2 Å². The van der Waals surface area contributed by atoms with E-state index in [1.54, 1.807) is 42.5 Å². The predicted octanol–water partition coefficient (Wildman–Crippen LogP) is 4.26. The molecule has 0 aromatic heterocycles. The number of sulfone groups is 1. The minimum Gasteiger partial charge on any atom is -0.218 e. The first-order valence-corrected chi connectivity index (χ1v) is 7.68. The summed E-state index contributed by atoms with van der Waals surface area (Å²) in [6.07, 6.45) is 0. The van der Waals surface area contributed by atoms with Crippen molar-refractivity contribution in [1.29, 1.82) is 0 Å². The summed E-state index contributed by atoms with van der Waals surface area (Å²) >= 11 is 12.0. The Morgan fingerprint density at radius 3 is 1.79 bits per heavy atom. The van der Waals surface area contributed by atoms with Crippen molar-refractivity contribution in [3.05, 3.63) is 70.6 Å². The molecule has 0 aliphatic rings. The van der Waals surface area contributed by atoms with Gasteiger partial charge in [0.05, 0.1) is 9.93 Å². The molecule has 0 saturated carbocycles. The van der Waals surface area contributed by atoms with Gasteiger partial charge in [0.25, 0.3) is 0 Å². The first-order valence-electron chi connectivity index (χ1n) is 5.44. The van der Waals surface area contributed by atoms with E-state index < -0.39 is 9.84 Å². The second-order valence-electron chi connectivity index (χ2n) is 3.77. The lowest BCUT2D eigenvalue weighted by Crippen LogP contribution is -2.01. The van der Waals surface area contributed by atoms with Crippen LogP contribution in [0.5, 0.6) is 0 Å². The average molecular weight is 313 g/mol. The highest BCUT2D eigenvalue weighted by Crippen LogP contribution is 2.32. The third-order valence-electron chi connectivity index (χ3n) is 2.49. The van der Waals surface area contributed by atoms with Crippen molar-refractivity contribution in [2.24, 2.45) is 0 Å². The van der Waals surface area contributed by atoms with Gasteiger partial charge in [0.15, 0.2) is 4.36 Å². The summed E-state index contributed by atoms with van der Waals surface area (Å²) in [5, 5.41) is 0.0196. The van der Waals surface area contributed by atoms with Crippen LogP contribution in [0.1, 0.15) is 5.56 Å². The number of hydrogen-bond acceptors (Lipinski definition) is 2. The molecule has 0 radical (unpaired) electrons. The number of rotatable bonds is 3. The van der Waals surface area contributed by atoms with Crippen LogP contribution in [0.15, 0.2) is 69.9 Å². The highest BCUT2D eigenvalue weighted by atomic mass is 35.5. The summed E-state index contributed by atoms with van der Waals surface area (Å²) in [4.78, 5) is 0.120. The molecule has 0 amide bonds. The fraction of sp³-hybridized carbons (Fsp3) is 0. The summed E-state index contributed by atoms with van der Waals surface area (Å²) in [5.41, 5.74) is 0.564. The SMILES string of the molecule is O=S(=O)(/C(Cl)=C(/Cl)c1ccccc1)c1ccccc1. The van der Waals surface area contributed by atoms with Gasteiger partial charge in [-0.1, -0.05) is 71.7 Å². The Morgan fingerprint density at radius 2 is 1.26 bits per heavy atom. The van der Waals surface area contributed by atoms with Crippen molar-refractivity contribution in [3.63, 3.8) is 0 Å². The van der Waals surface area contributed by atoms with Gasteiger partial charge in [-0.25, -0.2) is 8.42 Å². The molecular weight excluding hydrogens is 303 g/mol. The molecular formula is C14H10Cl2O2S. The van der Waals surface area contributed by atoms with Crippen LogP contribution in [0.3, 0.4) is 0 Å². The Bertz CT molecular complexity index is 693. The van der Waals surface area contributed by atoms with Crippen molar-refractivity contribution in [2.45, 2.75) is 4.90 Å². The van der Waals surface area contributed by atoms with Crippen molar-refractivity contribution >= 4 is 38.1 Å². The quantitative estimate of drug-likeness (QED) is 0.848. The van der Waals surface area contributed by atoms with Crippen molar-refractivity contribution in [3.8, 4) is 0 Å². The van der Waals surface area contributed by atoms with E-state index in [2.05, 4.69) is 0 Å². The molecule has 2 aromatic carbocycles. The molecule has 2 rings (SSSR count). The van der Waals surface area contributed by atoms with Gasteiger partial charge < -0.3 is 0 Å². The van der Waals surface area contributed by atoms with E-state index in [4.69, 9.17) is 23.2 Å². The monoisotopic (exact) mass is 312 g/mol. The molecule has 0 aliphatic heterocycles. The fourth-order valence-electron chi connectivity index (χ4n) is 1.52. The van der Waals surface area contributed by atoms with Gasteiger partial charge in [0, 0.05) is 0 Å². The zero-order chi connectivity index (χ0) is 13.9. The minimum atomic E-state index is -3.77. The highest BCUT2D eigenvalue weighted by molar-refractivity contribution is 7.97. The van der Waals surface area contributed by atoms with E-state index in [0.717, 1.165) is 0 Å². The Morgan fingerprint density at radius 1 is 0.789 bits per heavy atom. The van der Waals surface area contributed by atoms with Gasteiger partial charge in [0.2, 0.25) is 9.84 Å². The van der Waals surface area contributed by atoms with Gasteiger partial charge in [-0.15, -0.1) is 0 Å². The minimum absolute atomic E-state index is 0.0196. The summed E-state index contributed by atoms with van der Waals surface area (Å²) in [6.45, 7) is 0. The third-order valence-corrected chi connectivity index (χ3v) is 5.47. The summed E-state index contributed by atoms with van der Waals surface area (Å²) in [6, 6.07) is 16.7. The molecule has 0 unspecified atom stereocenters. The van der Waals surface area contributed by atoms with Crippen LogP contribution in [0, 0.1) is 0 Å². The molecule has 2 aromatic rings. The number of benzene rings is 2. The van der Waals surface area contributed by atoms with Crippen molar-refractivity contribution in [1.82, 2.24) is 0 Å². The van der Waals surface area contributed by atoms with E-state index in [1.807, 2.05) is 6.07 Å². The van der Waals surface area contributed by atoms with Crippen LogP contribution in [-0.4, -0.2) is 8.42 Å². The molecule has 0 aliphatic carbocycles. The van der Waals surface area contributed by atoms with Gasteiger partial charge in [-0.3, -0.25) is 0 Å². The highest BCUT2D eigenvalue weighted by Gasteiger charge is 2.22. The second kappa shape index (κ2) is 5.78. The molecule has 98 valence electrons. The summed E-state index contributed by atoms with van der Waals surface area (Å²) in [5.74, 6) is 0. The second-order valence-corrected chi connectivity index (χ2v) is 6.64. The molecule has 0 atom stereocenters. The Hall–Kier alpha value is -1.29. The Balaban J connectivity index is 2.53. The van der Waals surface area contributed by atoms with Crippen LogP contribution in [0.25, 0.3) is 5.03 Å². The summed E-state index contributed by atoms with van der Waals surface area (Å²) < 4.78 is 24.2. The topological polar surface area (TPSA) is 34.1 Å². The third kappa shape index (κ3) is 3.00. The van der Waals surface area contributed by atoms with Crippen LogP contribution in [0.2, 0.25) is 0 Å². The molecule has 0 spiro atoms. The van der Waals surface area contributed by atoms with Gasteiger partial charge in [-0.05, 0) is 17.7 Å². The molecule has 19 heavy (non-hydrogen) atoms. The average Bonchev–Trinajstić information content (AvgIpc) is 2.47. The predicted molar refractivity (Wildman–Crippen MR) is 78.7 cm³/mol. The van der Waals surface area contributed by atoms with Crippen LogP contribution < -0.4 is 0 Å². The number of hydrogen-bond donors (Lipinski definition) is 0. The zero-order valence-corrected chi connectivity index (χ0v) is 12.1. The molecule has 0 heterocycles. The summed E-state index contributed by atoms with van der Waals surface area (Å²) in [7, 11) is -3.77. The molecule has 5 heteroatoms. The first kappa shape index (κ1) is 14.1. The Labute approximate surface area is 122 Å². The lowest BCUT2D eigenvalue weighted by Gasteiger charge is -2.06. The van der Waals surface area contributed by atoms with E-state index >= 15 is 0 Å². The smallest absolute Gasteiger partial charge is 0.218 e. The van der Waals surface area contributed by atoms with Crippen LogP contribution in [0.4, 0.5) is 0 Å². The maximum absolute atomic E-state index is 12.3. The maximum Gasteiger partial charge on any atom is 0.218 e. The van der Waals surface area contributed by atoms with E-state index in [0.29, 0.717) is 5.56 Å². The molecule has 2 nitrogen and oxygen atoms in total. The molecule has 0 saturated heterocycles. The van der Waals surface area contributed by atoms with E-state index in [-0.39, 0.29) is 14.3 Å². The lowest BCUT2D eigenvalue weighted by molar-refractivity contribution is 0.604.